The van der Waals surface area contributed by atoms with E-state index < -0.39 is 24.3 Å². The van der Waals surface area contributed by atoms with E-state index in [1.165, 1.54) is 0 Å². The predicted molar refractivity (Wildman–Crippen MR) is 140 cm³/mol. The number of hydrogen-bond acceptors (Lipinski definition) is 7. The van der Waals surface area contributed by atoms with Gasteiger partial charge in [0.25, 0.3) is 5.91 Å². The Bertz CT molecular complexity index is 1420. The minimum Gasteiger partial charge on any atom is -0.475 e. The molecule has 1 spiro atoms. The number of aliphatic carboxylic acids is 2. The second-order valence-corrected chi connectivity index (χ2v) is 9.77. The van der Waals surface area contributed by atoms with Gasteiger partial charge in [0.2, 0.25) is 0 Å². The Morgan fingerprint density at radius 2 is 1.52 bits per heavy atom. The number of carboxylic acid groups (broad SMARTS) is 2. The van der Waals surface area contributed by atoms with Crippen LogP contribution in [0.15, 0.2) is 43.1 Å². The summed E-state index contributed by atoms with van der Waals surface area (Å²) < 4.78 is 67.7. The van der Waals surface area contributed by atoms with Crippen LogP contribution >= 0.6 is 0 Å². The van der Waals surface area contributed by atoms with Gasteiger partial charge in [-0.15, -0.1) is 0 Å². The van der Waals surface area contributed by atoms with Crippen molar-refractivity contribution in [2.75, 3.05) is 26.2 Å². The van der Waals surface area contributed by atoms with E-state index in [1.54, 1.807) is 12.4 Å². The molecule has 5 heterocycles. The van der Waals surface area contributed by atoms with Crippen LogP contribution in [-0.2, 0) is 28.7 Å². The van der Waals surface area contributed by atoms with Crippen LogP contribution in [-0.4, -0.2) is 101 Å². The van der Waals surface area contributed by atoms with Crippen molar-refractivity contribution in [1.29, 1.82) is 0 Å². The molecule has 240 valence electrons. The van der Waals surface area contributed by atoms with Gasteiger partial charge in [-0.3, -0.25) is 19.4 Å². The summed E-state index contributed by atoms with van der Waals surface area (Å²) in [6, 6.07) is 3.65. The highest BCUT2D eigenvalue weighted by Gasteiger charge is 2.47. The molecule has 18 heteroatoms. The average molecular weight is 634 g/mol. The van der Waals surface area contributed by atoms with Gasteiger partial charge in [0, 0.05) is 57.4 Å². The fraction of sp³-hybridized carbons (Fsp3) is 0.462. The maximum atomic E-state index is 12.9. The lowest BCUT2D eigenvalue weighted by Gasteiger charge is -2.50. The Labute approximate surface area is 246 Å². The fourth-order valence-electron chi connectivity index (χ4n) is 5.09. The first kappa shape index (κ1) is 34.0. The molecule has 0 saturated carbocycles. The molecule has 0 unspecified atom stereocenters. The second-order valence-electron chi connectivity index (χ2n) is 9.77. The van der Waals surface area contributed by atoms with E-state index in [4.69, 9.17) is 24.8 Å². The molecule has 2 aliphatic heterocycles. The number of carboxylic acids is 2. The summed E-state index contributed by atoms with van der Waals surface area (Å²) in [4.78, 5) is 44.2. The van der Waals surface area contributed by atoms with Crippen LogP contribution in [0.25, 0.3) is 11.3 Å². The van der Waals surface area contributed by atoms with Crippen LogP contribution in [0.4, 0.5) is 26.3 Å². The Morgan fingerprint density at radius 3 is 1.98 bits per heavy atom. The quantitative estimate of drug-likeness (QED) is 0.415. The molecule has 2 aliphatic rings. The Morgan fingerprint density at radius 1 is 0.932 bits per heavy atom. The lowest BCUT2D eigenvalue weighted by Crippen LogP contribution is -2.58. The van der Waals surface area contributed by atoms with Crippen molar-refractivity contribution in [2.24, 2.45) is 7.05 Å². The van der Waals surface area contributed by atoms with Crippen molar-refractivity contribution in [3.63, 3.8) is 0 Å². The number of alkyl halides is 6. The van der Waals surface area contributed by atoms with E-state index in [0.717, 1.165) is 62.6 Å². The highest BCUT2D eigenvalue weighted by atomic mass is 19.4. The zero-order valence-corrected chi connectivity index (χ0v) is 23.5. The molecule has 44 heavy (non-hydrogen) atoms. The zero-order valence-electron chi connectivity index (χ0n) is 23.5. The third-order valence-corrected chi connectivity index (χ3v) is 7.12. The van der Waals surface area contributed by atoms with Gasteiger partial charge >= 0.3 is 24.3 Å². The molecule has 0 radical (unpaired) electrons. The monoisotopic (exact) mass is 633 g/mol. The van der Waals surface area contributed by atoms with Crippen molar-refractivity contribution in [1.82, 2.24) is 34.1 Å². The van der Waals surface area contributed by atoms with Crippen molar-refractivity contribution in [3.8, 4) is 11.3 Å². The van der Waals surface area contributed by atoms with E-state index in [9.17, 15) is 31.1 Å². The molecule has 0 atom stereocenters. The zero-order chi connectivity index (χ0) is 32.9. The molecule has 12 nitrogen and oxygen atoms in total. The summed E-state index contributed by atoms with van der Waals surface area (Å²) in [6.07, 6.45) is 0.880. The molecule has 0 aromatic carbocycles. The number of hydrogen-bond donors (Lipinski definition) is 2. The van der Waals surface area contributed by atoms with Gasteiger partial charge in [0.05, 0.1) is 29.2 Å². The van der Waals surface area contributed by atoms with Crippen molar-refractivity contribution < 1.29 is 50.9 Å². The standard InChI is InChI=1S/C22H27N7O.2C2HF3O2/c1-3-28-11-12-29-19(18-14-25-26(2)16-18)15-24-21(29)22(28)6-9-27(10-7-22)20(30)17-5-4-8-23-13-17;2*3-2(4,5)1(6)7/h4-5,8,13-16H,3,6-7,9-12H2,1-2H3;2*(H,6,7). The number of likely N-dealkylation sites (tertiary alicyclic amines) is 1. The third kappa shape index (κ3) is 7.72. The number of rotatable bonds is 3. The van der Waals surface area contributed by atoms with Crippen molar-refractivity contribution >= 4 is 17.8 Å². The van der Waals surface area contributed by atoms with Crippen LogP contribution in [0.5, 0.6) is 0 Å². The number of imidazole rings is 1. The Balaban J connectivity index is 0.000000317. The molecule has 1 amide bonds. The smallest absolute Gasteiger partial charge is 0.475 e. The lowest BCUT2D eigenvalue weighted by atomic mass is 9.83. The van der Waals surface area contributed by atoms with Gasteiger partial charge in [-0.25, -0.2) is 14.6 Å². The maximum Gasteiger partial charge on any atom is 0.490 e. The van der Waals surface area contributed by atoms with E-state index in [-0.39, 0.29) is 11.4 Å². The summed E-state index contributed by atoms with van der Waals surface area (Å²) in [5.41, 5.74) is 2.76. The largest absolute Gasteiger partial charge is 0.490 e. The molecule has 0 bridgehead atoms. The number of piperidine rings is 1. The first-order valence-electron chi connectivity index (χ1n) is 13.1. The number of aryl methyl sites for hydroxylation is 1. The van der Waals surface area contributed by atoms with Crippen LogP contribution < -0.4 is 0 Å². The normalized spacial score (nSPS) is 16.2. The Kier molecular flexibility index (Phi) is 10.4. The molecule has 0 aliphatic carbocycles. The van der Waals surface area contributed by atoms with Crippen LogP contribution in [0.3, 0.4) is 0 Å². The molecule has 3 aromatic rings. The summed E-state index contributed by atoms with van der Waals surface area (Å²) in [7, 11) is 1.94. The minimum absolute atomic E-state index is 0.0659. The molecule has 1 fully saturated rings. The summed E-state index contributed by atoms with van der Waals surface area (Å²) >= 11 is 0. The van der Waals surface area contributed by atoms with Crippen LogP contribution in [0, 0.1) is 0 Å². The number of amides is 1. The van der Waals surface area contributed by atoms with Gasteiger partial charge in [0.1, 0.15) is 5.82 Å². The number of pyridine rings is 1. The first-order chi connectivity index (χ1) is 20.5. The van der Waals surface area contributed by atoms with Crippen molar-refractivity contribution in [2.45, 2.75) is 44.2 Å². The van der Waals surface area contributed by atoms with Gasteiger partial charge in [0.15, 0.2) is 0 Å². The first-order valence-corrected chi connectivity index (χ1v) is 13.1. The molecule has 1 saturated heterocycles. The fourth-order valence-corrected chi connectivity index (χ4v) is 5.09. The number of aromatic nitrogens is 5. The predicted octanol–water partition coefficient (Wildman–Crippen LogP) is 3.41. The van der Waals surface area contributed by atoms with Crippen LogP contribution in [0.2, 0.25) is 0 Å². The van der Waals surface area contributed by atoms with E-state index in [1.807, 2.05) is 47.4 Å². The third-order valence-electron chi connectivity index (χ3n) is 7.12. The average Bonchev–Trinajstić information content (AvgIpc) is 3.60. The molecular formula is C26H29F6N7O5. The van der Waals surface area contributed by atoms with Crippen molar-refractivity contribution in [3.05, 3.63) is 54.5 Å². The Hall–Kier alpha value is -4.48. The summed E-state index contributed by atoms with van der Waals surface area (Å²) in [5.74, 6) is -4.32. The SMILES string of the molecule is CCN1CCn2c(-c3cnn(C)c3)cnc2C12CCN(C(=O)c1cccnc1)CC2.O=C(O)C(F)(F)F.O=C(O)C(F)(F)F. The van der Waals surface area contributed by atoms with E-state index in [2.05, 4.69) is 26.5 Å². The second kappa shape index (κ2) is 13.4. The highest BCUT2D eigenvalue weighted by Crippen LogP contribution is 2.42. The van der Waals surface area contributed by atoms with Gasteiger partial charge < -0.3 is 19.7 Å². The summed E-state index contributed by atoms with van der Waals surface area (Å²) in [6.45, 7) is 6.55. The van der Waals surface area contributed by atoms with E-state index in [0.29, 0.717) is 5.56 Å². The highest BCUT2D eigenvalue weighted by molar-refractivity contribution is 5.94. The number of likely N-dealkylation sites (N-methyl/N-ethyl adjacent to an activating group) is 1. The van der Waals surface area contributed by atoms with Crippen LogP contribution in [0.1, 0.15) is 35.9 Å². The topological polar surface area (TPSA) is 147 Å². The van der Waals surface area contributed by atoms with Gasteiger partial charge in [-0.1, -0.05) is 6.92 Å². The molecule has 5 rings (SSSR count). The molecule has 2 N–H and O–H groups in total. The number of carbonyl (C=O) groups is 3. The van der Waals surface area contributed by atoms with Gasteiger partial charge in [-0.05, 0) is 31.5 Å². The minimum atomic E-state index is -5.08. The number of carbonyl (C=O) groups excluding carboxylic acids is 1. The lowest BCUT2D eigenvalue weighted by molar-refractivity contribution is -0.193. The maximum absolute atomic E-state index is 12.9. The number of halogens is 6. The van der Waals surface area contributed by atoms with Gasteiger partial charge in [-0.2, -0.15) is 31.4 Å². The van der Waals surface area contributed by atoms with E-state index >= 15 is 0 Å². The molecular weight excluding hydrogens is 604 g/mol. The number of nitrogens with zero attached hydrogens (tertiary/aromatic N) is 7. The molecule has 3 aromatic heterocycles. The summed E-state index contributed by atoms with van der Waals surface area (Å²) in [5, 5.41) is 18.6. The number of fused-ring (bicyclic) bond motifs is 2.